The van der Waals surface area contributed by atoms with Crippen molar-refractivity contribution in [1.82, 2.24) is 4.90 Å². The molecule has 12 heteroatoms. The fourth-order valence-electron chi connectivity index (χ4n) is 8.98. The van der Waals surface area contributed by atoms with Crippen molar-refractivity contribution in [2.24, 2.45) is 5.92 Å². The fourth-order valence-corrected chi connectivity index (χ4v) is 8.98. The van der Waals surface area contributed by atoms with Gasteiger partial charge in [0.25, 0.3) is 0 Å². The third-order valence-electron chi connectivity index (χ3n) is 13.8. The van der Waals surface area contributed by atoms with Gasteiger partial charge in [0.05, 0.1) is 12.5 Å². The summed E-state index contributed by atoms with van der Waals surface area (Å²) < 4.78 is 33.8. The van der Waals surface area contributed by atoms with E-state index in [0.29, 0.717) is 32.1 Å². The van der Waals surface area contributed by atoms with Crippen LogP contribution in [0.4, 0.5) is 4.79 Å². The molecule has 0 aromatic rings. The Kier molecular flexibility index (Phi) is 50.8. The van der Waals surface area contributed by atoms with E-state index >= 15 is 0 Å². The van der Waals surface area contributed by atoms with Gasteiger partial charge < -0.3 is 33.3 Å². The van der Waals surface area contributed by atoms with Crippen molar-refractivity contribution >= 4 is 30.0 Å². The minimum atomic E-state index is -0.809. The van der Waals surface area contributed by atoms with Gasteiger partial charge in [-0.15, -0.1) is 0 Å². The van der Waals surface area contributed by atoms with Crippen LogP contribution in [-0.2, 0) is 47.6 Å². The molecule has 2 unspecified atom stereocenters. The summed E-state index contributed by atoms with van der Waals surface area (Å²) in [6, 6.07) is 0. The van der Waals surface area contributed by atoms with Crippen molar-refractivity contribution in [3.05, 3.63) is 0 Å². The third-order valence-corrected chi connectivity index (χ3v) is 13.8. The predicted molar refractivity (Wildman–Crippen MR) is 293 cm³/mol. The Morgan fingerprint density at radius 1 is 0.333 bits per heavy atom. The van der Waals surface area contributed by atoms with E-state index in [1.54, 1.807) is 0 Å². The number of rotatable bonds is 54. The topological polar surface area (TPSA) is 144 Å². The van der Waals surface area contributed by atoms with Crippen molar-refractivity contribution in [3.63, 3.8) is 0 Å². The number of carbonyl (C=O) groups excluding carboxylic acids is 5. The summed E-state index contributed by atoms with van der Waals surface area (Å²) in [5.41, 5.74) is 0. The fraction of sp³-hybridized carbons (Fsp3) is 0.917. The van der Waals surface area contributed by atoms with E-state index in [1.165, 1.54) is 116 Å². The molecule has 0 fully saturated rings. The lowest BCUT2D eigenvalue weighted by Crippen LogP contribution is -2.27. The highest BCUT2D eigenvalue weighted by Crippen LogP contribution is 2.20. The minimum absolute atomic E-state index is 0.0121. The molecule has 0 saturated heterocycles. The Bertz CT molecular complexity index is 1240. The normalized spacial score (nSPS) is 12.2. The first kappa shape index (κ1) is 69.1. The molecule has 72 heavy (non-hydrogen) atoms. The molecule has 0 heterocycles. The summed E-state index contributed by atoms with van der Waals surface area (Å²) >= 11 is 0. The van der Waals surface area contributed by atoms with E-state index < -0.39 is 12.1 Å². The van der Waals surface area contributed by atoms with Crippen LogP contribution in [0.5, 0.6) is 0 Å². The molecule has 0 spiro atoms. The van der Waals surface area contributed by atoms with E-state index in [1.807, 2.05) is 0 Å². The second kappa shape index (κ2) is 53.0. The van der Waals surface area contributed by atoms with Gasteiger partial charge in [-0.1, -0.05) is 183 Å². The quantitative estimate of drug-likeness (QED) is 0.0325. The largest absolute Gasteiger partial charge is 0.508 e. The Morgan fingerprint density at radius 3 is 1.00 bits per heavy atom. The van der Waals surface area contributed by atoms with Crippen LogP contribution in [0, 0.1) is 5.92 Å². The van der Waals surface area contributed by atoms with Crippen LogP contribution < -0.4 is 0 Å². The average molecular weight is 1020 g/mol. The van der Waals surface area contributed by atoms with Crippen LogP contribution in [-0.4, -0.2) is 93.2 Å². The van der Waals surface area contributed by atoms with Crippen LogP contribution in [0.2, 0.25) is 0 Å². The SMILES string of the molecule is CCCCCCCCC(CCCCCC)OC(=O)CCCCCCC(=O)OCC(COC(=O)CCCCCCC(=O)OC(CCCCCCCC)CCCCCCCC)COC(=O)OCCCN(CC)CC. The summed E-state index contributed by atoms with van der Waals surface area (Å²) in [6.45, 7) is 15.7. The number of ether oxygens (including phenoxy) is 6. The third kappa shape index (κ3) is 46.9. The van der Waals surface area contributed by atoms with Gasteiger partial charge in [0.1, 0.15) is 32.0 Å². The molecule has 0 amide bonds. The smallest absolute Gasteiger partial charge is 0.465 e. The van der Waals surface area contributed by atoms with Gasteiger partial charge in [-0.2, -0.15) is 0 Å². The van der Waals surface area contributed by atoms with Gasteiger partial charge in [-0.25, -0.2) is 4.79 Å². The molecule has 0 N–H and O–H groups in total. The molecule has 0 radical (unpaired) electrons. The highest BCUT2D eigenvalue weighted by Gasteiger charge is 2.20. The second-order valence-corrected chi connectivity index (χ2v) is 20.6. The molecule has 0 aromatic heterocycles. The summed E-state index contributed by atoms with van der Waals surface area (Å²) in [6.07, 6.45) is 37.6. The van der Waals surface area contributed by atoms with Gasteiger partial charge in [0.15, 0.2) is 0 Å². The van der Waals surface area contributed by atoms with Crippen molar-refractivity contribution in [2.75, 3.05) is 46.1 Å². The van der Waals surface area contributed by atoms with E-state index in [9.17, 15) is 24.0 Å². The van der Waals surface area contributed by atoms with Gasteiger partial charge in [0, 0.05) is 32.2 Å². The number of nitrogens with zero attached hydrogens (tertiary/aromatic N) is 1. The first-order valence-electron chi connectivity index (χ1n) is 30.3. The highest BCUT2D eigenvalue weighted by atomic mass is 16.7. The molecule has 0 aromatic carbocycles. The van der Waals surface area contributed by atoms with E-state index in [2.05, 4.69) is 46.4 Å². The van der Waals surface area contributed by atoms with Crippen LogP contribution in [0.15, 0.2) is 0 Å². The molecule has 2 atom stereocenters. The molecule has 12 nitrogen and oxygen atoms in total. The molecule has 424 valence electrons. The zero-order valence-corrected chi connectivity index (χ0v) is 47.7. The van der Waals surface area contributed by atoms with Crippen molar-refractivity contribution in [2.45, 2.75) is 304 Å². The lowest BCUT2D eigenvalue weighted by molar-refractivity contribution is -0.151. The molecular formula is C60H113NO11. The number of carbonyl (C=O) groups is 5. The van der Waals surface area contributed by atoms with E-state index in [0.717, 1.165) is 110 Å². The maximum atomic E-state index is 12.8. The molecule has 0 bridgehead atoms. The van der Waals surface area contributed by atoms with Crippen LogP contribution in [0.1, 0.15) is 292 Å². The van der Waals surface area contributed by atoms with E-state index in [4.69, 9.17) is 28.4 Å². The summed E-state index contributed by atoms with van der Waals surface area (Å²) in [5.74, 6) is -1.53. The summed E-state index contributed by atoms with van der Waals surface area (Å²) in [4.78, 5) is 65.8. The Morgan fingerprint density at radius 2 is 0.639 bits per heavy atom. The zero-order chi connectivity index (χ0) is 53.0. The van der Waals surface area contributed by atoms with Crippen molar-refractivity contribution in [1.29, 1.82) is 0 Å². The first-order valence-corrected chi connectivity index (χ1v) is 30.3. The van der Waals surface area contributed by atoms with Crippen LogP contribution in [0.25, 0.3) is 0 Å². The van der Waals surface area contributed by atoms with Crippen molar-refractivity contribution < 1.29 is 52.4 Å². The summed E-state index contributed by atoms with van der Waals surface area (Å²) in [7, 11) is 0. The number of esters is 4. The van der Waals surface area contributed by atoms with Crippen LogP contribution in [0.3, 0.4) is 0 Å². The number of unbranched alkanes of at least 4 members (excludes halogenated alkanes) is 24. The Hall–Kier alpha value is -2.89. The predicted octanol–water partition coefficient (Wildman–Crippen LogP) is 16.3. The minimum Gasteiger partial charge on any atom is -0.465 e. The van der Waals surface area contributed by atoms with Gasteiger partial charge in [0.2, 0.25) is 0 Å². The van der Waals surface area contributed by atoms with Crippen molar-refractivity contribution in [3.8, 4) is 0 Å². The lowest BCUT2D eigenvalue weighted by Gasteiger charge is -2.18. The molecule has 0 aliphatic heterocycles. The monoisotopic (exact) mass is 1020 g/mol. The highest BCUT2D eigenvalue weighted by molar-refractivity contribution is 5.70. The lowest BCUT2D eigenvalue weighted by atomic mass is 10.0. The molecule has 0 aliphatic carbocycles. The Labute approximate surface area is 442 Å². The number of hydrogen-bond donors (Lipinski definition) is 0. The first-order chi connectivity index (χ1) is 35.1. The standard InChI is InChI=1S/C60H113NO11/c1-7-13-17-21-24-32-41-54(40-31-20-16-10-4)71-58(64)46-37-29-27-35-44-56(62)68-50-53(52-70-60(66)67-49-39-48-61(11-5)12-6)51-69-57(63)45-36-28-30-38-47-59(65)72-55(42-33-25-22-18-14-8-2)43-34-26-23-19-15-9-3/h53-55H,7-52H2,1-6H3. The average Bonchev–Trinajstić information content (AvgIpc) is 3.37. The zero-order valence-electron chi connectivity index (χ0n) is 47.7. The summed E-state index contributed by atoms with van der Waals surface area (Å²) in [5, 5.41) is 0. The van der Waals surface area contributed by atoms with E-state index in [-0.39, 0.29) is 75.4 Å². The van der Waals surface area contributed by atoms with Crippen LogP contribution >= 0.6 is 0 Å². The number of hydrogen-bond acceptors (Lipinski definition) is 12. The van der Waals surface area contributed by atoms with Gasteiger partial charge >= 0.3 is 30.0 Å². The molecular weight excluding hydrogens is 911 g/mol. The second-order valence-electron chi connectivity index (χ2n) is 20.6. The molecule has 0 aliphatic rings. The molecule has 0 rings (SSSR count). The maximum absolute atomic E-state index is 12.8. The van der Waals surface area contributed by atoms with Gasteiger partial charge in [-0.3, -0.25) is 19.2 Å². The Balaban J connectivity index is 4.83. The maximum Gasteiger partial charge on any atom is 0.508 e. The molecule has 0 saturated carbocycles. The van der Waals surface area contributed by atoms with Gasteiger partial charge in [-0.05, 0) is 96.6 Å².